The maximum Gasteiger partial charge on any atom is 0.308 e. The van der Waals surface area contributed by atoms with Gasteiger partial charge in [0.15, 0.2) is 0 Å². The highest BCUT2D eigenvalue weighted by Gasteiger charge is 2.36. The lowest BCUT2D eigenvalue weighted by Crippen LogP contribution is -2.16. The van der Waals surface area contributed by atoms with Crippen LogP contribution in [0.5, 0.6) is 0 Å². The van der Waals surface area contributed by atoms with Gasteiger partial charge in [-0.2, -0.15) is 14.0 Å². The van der Waals surface area contributed by atoms with Gasteiger partial charge in [0, 0.05) is 24.7 Å². The highest BCUT2D eigenvalue weighted by Crippen LogP contribution is 2.39. The molecule has 1 aliphatic carbocycles. The first-order valence-electron chi connectivity index (χ1n) is 14.4. The number of hydrogen-bond donors (Lipinski definition) is 1. The Labute approximate surface area is 228 Å². The molecule has 5 rings (SSSR count). The van der Waals surface area contributed by atoms with Crippen molar-refractivity contribution in [3.8, 4) is 17.2 Å². The lowest BCUT2D eigenvalue weighted by Gasteiger charge is -2.22. The normalized spacial score (nSPS) is 14.8. The zero-order valence-electron chi connectivity index (χ0n) is 22.9. The second kappa shape index (κ2) is 12.2. The predicted molar refractivity (Wildman–Crippen MR) is 146 cm³/mol. The molecule has 0 saturated heterocycles. The number of aromatic nitrogens is 8. The van der Waals surface area contributed by atoms with Gasteiger partial charge in [-0.1, -0.05) is 58.1 Å². The molecular weight excluding hydrogens is 498 g/mol. The van der Waals surface area contributed by atoms with Crippen molar-refractivity contribution < 1.29 is 8.78 Å². The molecule has 1 aromatic carbocycles. The van der Waals surface area contributed by atoms with Gasteiger partial charge in [-0.3, -0.25) is 0 Å². The number of aryl methyl sites for hydroxylation is 1. The van der Waals surface area contributed by atoms with E-state index < -0.39 is 5.92 Å². The van der Waals surface area contributed by atoms with Gasteiger partial charge >= 0.3 is 5.92 Å². The largest absolute Gasteiger partial charge is 0.313 e. The maximum absolute atomic E-state index is 14.8. The Balaban J connectivity index is 1.41. The van der Waals surface area contributed by atoms with Crippen LogP contribution in [0.4, 0.5) is 8.78 Å². The summed E-state index contributed by atoms with van der Waals surface area (Å²) in [4.78, 5) is 4.30. The Kier molecular flexibility index (Phi) is 8.47. The molecule has 0 bridgehead atoms. The van der Waals surface area contributed by atoms with Gasteiger partial charge in [-0.25, -0.2) is 9.67 Å². The van der Waals surface area contributed by atoms with Crippen molar-refractivity contribution in [1.29, 1.82) is 0 Å². The van der Waals surface area contributed by atoms with Crippen LogP contribution in [0, 0.1) is 0 Å². The van der Waals surface area contributed by atoms with E-state index >= 15 is 0 Å². The molecule has 0 radical (unpaired) electrons. The third-order valence-corrected chi connectivity index (χ3v) is 7.74. The summed E-state index contributed by atoms with van der Waals surface area (Å²) in [7, 11) is 0. The highest BCUT2D eigenvalue weighted by molar-refractivity contribution is 5.61. The van der Waals surface area contributed by atoms with Gasteiger partial charge in [0.1, 0.15) is 5.82 Å². The zero-order valence-corrected chi connectivity index (χ0v) is 22.9. The van der Waals surface area contributed by atoms with Crippen LogP contribution in [0.15, 0.2) is 36.5 Å². The van der Waals surface area contributed by atoms with Crippen LogP contribution in [-0.4, -0.2) is 40.0 Å². The summed E-state index contributed by atoms with van der Waals surface area (Å²) in [6.45, 7) is 4.39. The Hall–Kier alpha value is -3.43. The number of rotatable bonds is 12. The highest BCUT2D eigenvalue weighted by atomic mass is 19.3. The molecule has 208 valence electrons. The summed E-state index contributed by atoms with van der Waals surface area (Å²) < 4.78 is 33.3. The number of benzene rings is 1. The Morgan fingerprint density at radius 3 is 2.46 bits per heavy atom. The number of unbranched alkanes of at least 4 members (excludes halogenated alkanes) is 2. The molecule has 10 heteroatoms. The van der Waals surface area contributed by atoms with Gasteiger partial charge in [0.25, 0.3) is 0 Å². The van der Waals surface area contributed by atoms with Crippen LogP contribution < -0.4 is 0 Å². The molecule has 0 aliphatic heterocycles. The number of hydrogen-bond acceptors (Lipinski definition) is 5. The quantitative estimate of drug-likeness (QED) is 0.211. The Bertz CT molecular complexity index is 1320. The first kappa shape index (κ1) is 27.1. The summed E-state index contributed by atoms with van der Waals surface area (Å²) in [5.74, 6) is -1.67. The summed E-state index contributed by atoms with van der Waals surface area (Å²) in [5, 5.41) is 19.3. The second-order valence-corrected chi connectivity index (χ2v) is 10.6. The van der Waals surface area contributed by atoms with Crippen molar-refractivity contribution >= 4 is 0 Å². The summed E-state index contributed by atoms with van der Waals surface area (Å²) in [5.41, 5.74) is 4.20. The fourth-order valence-corrected chi connectivity index (χ4v) is 5.53. The number of H-pyrrole nitrogens is 1. The van der Waals surface area contributed by atoms with Crippen molar-refractivity contribution in [3.63, 3.8) is 0 Å². The number of nitrogens with zero attached hydrogens (tertiary/aromatic N) is 7. The van der Waals surface area contributed by atoms with Gasteiger partial charge < -0.3 is 4.57 Å². The van der Waals surface area contributed by atoms with E-state index in [0.717, 1.165) is 29.8 Å². The molecule has 39 heavy (non-hydrogen) atoms. The van der Waals surface area contributed by atoms with Crippen molar-refractivity contribution in [1.82, 2.24) is 40.0 Å². The molecule has 1 saturated carbocycles. The smallest absolute Gasteiger partial charge is 0.308 e. The van der Waals surface area contributed by atoms with Crippen molar-refractivity contribution in [2.45, 2.75) is 103 Å². The fraction of sp³-hybridized carbons (Fsp3) is 0.552. The SMILES string of the molecule is CCCCc1nc(C(F)(F)CCCC)nn1Cc1ccc(-n2ccc(C3CCCCC3)c2-c2nn[nH]n2)cc1. The summed E-state index contributed by atoms with van der Waals surface area (Å²) in [6, 6.07) is 10.3. The van der Waals surface area contributed by atoms with Crippen molar-refractivity contribution in [2.75, 3.05) is 0 Å². The van der Waals surface area contributed by atoms with Crippen molar-refractivity contribution in [3.05, 3.63) is 59.3 Å². The predicted octanol–water partition coefficient (Wildman–Crippen LogP) is 6.97. The summed E-state index contributed by atoms with van der Waals surface area (Å²) in [6.07, 6.45) is 11.6. The zero-order chi connectivity index (χ0) is 27.2. The van der Waals surface area contributed by atoms with Gasteiger partial charge in [-0.05, 0) is 66.1 Å². The Morgan fingerprint density at radius 1 is 1.00 bits per heavy atom. The van der Waals surface area contributed by atoms with Crippen LogP contribution in [0.2, 0.25) is 0 Å². The maximum atomic E-state index is 14.8. The van der Waals surface area contributed by atoms with E-state index in [2.05, 4.69) is 54.5 Å². The standard InChI is InChI=1S/C29H38F2N8/c1-3-5-12-25-32-28(29(30,31)18-6-4-2)35-39(25)20-21-13-15-23(16-14-21)38-19-17-24(22-10-8-7-9-11-22)26(38)27-33-36-37-34-27/h13-17,19,22H,3-12,18,20H2,1-2H3,(H,33,34,36,37). The van der Waals surface area contributed by atoms with E-state index in [9.17, 15) is 8.78 Å². The van der Waals surface area contributed by atoms with E-state index in [1.807, 2.05) is 31.2 Å². The summed E-state index contributed by atoms with van der Waals surface area (Å²) >= 11 is 0. The molecule has 0 spiro atoms. The molecule has 3 aromatic heterocycles. The van der Waals surface area contributed by atoms with Gasteiger partial charge in [0.2, 0.25) is 11.6 Å². The van der Waals surface area contributed by atoms with Crippen LogP contribution in [-0.2, 0) is 18.9 Å². The lowest BCUT2D eigenvalue weighted by molar-refractivity contribution is -0.0245. The number of nitrogens with one attached hydrogen (secondary N) is 1. The van der Waals surface area contributed by atoms with Gasteiger partial charge in [-0.15, -0.1) is 15.3 Å². The first-order chi connectivity index (χ1) is 19.0. The number of alkyl halides is 2. The minimum Gasteiger partial charge on any atom is -0.313 e. The molecule has 0 unspecified atom stereocenters. The van der Waals surface area contributed by atoms with Crippen LogP contribution >= 0.6 is 0 Å². The fourth-order valence-electron chi connectivity index (χ4n) is 5.53. The van der Waals surface area contributed by atoms with Gasteiger partial charge in [0.05, 0.1) is 12.2 Å². The van der Waals surface area contributed by atoms with Crippen LogP contribution in [0.25, 0.3) is 17.2 Å². The molecule has 1 fully saturated rings. The average Bonchev–Trinajstić information content (AvgIpc) is 3.72. The second-order valence-electron chi connectivity index (χ2n) is 10.6. The van der Waals surface area contributed by atoms with Crippen LogP contribution in [0.1, 0.15) is 107 Å². The number of aromatic amines is 1. The van der Waals surface area contributed by atoms with E-state index in [0.29, 0.717) is 43.4 Å². The number of tetrazole rings is 1. The monoisotopic (exact) mass is 536 g/mol. The first-order valence-corrected chi connectivity index (χ1v) is 14.4. The molecule has 4 aromatic rings. The average molecular weight is 537 g/mol. The van der Waals surface area contributed by atoms with Crippen molar-refractivity contribution in [2.24, 2.45) is 0 Å². The molecule has 1 aliphatic rings. The molecule has 8 nitrogen and oxygen atoms in total. The molecule has 1 N–H and O–H groups in total. The third-order valence-electron chi connectivity index (χ3n) is 7.74. The molecule has 0 amide bonds. The third kappa shape index (κ3) is 6.09. The molecule has 3 heterocycles. The molecule has 0 atom stereocenters. The van der Waals surface area contributed by atoms with E-state index in [1.165, 1.54) is 37.7 Å². The Morgan fingerprint density at radius 2 is 1.77 bits per heavy atom. The molecular formula is C29H38F2N8. The lowest BCUT2D eigenvalue weighted by atomic mass is 9.84. The van der Waals surface area contributed by atoms with Crippen LogP contribution in [0.3, 0.4) is 0 Å². The van der Waals surface area contributed by atoms with E-state index in [4.69, 9.17) is 0 Å². The minimum atomic E-state index is -3.01. The topological polar surface area (TPSA) is 90.1 Å². The minimum absolute atomic E-state index is 0.224. The van der Waals surface area contributed by atoms with E-state index in [1.54, 1.807) is 4.68 Å². The van der Waals surface area contributed by atoms with E-state index in [-0.39, 0.29) is 12.2 Å². The number of halogens is 2.